The van der Waals surface area contributed by atoms with Gasteiger partial charge in [-0.1, -0.05) is 12.1 Å². The maximum absolute atomic E-state index is 11.0. The van der Waals surface area contributed by atoms with E-state index in [0.29, 0.717) is 5.56 Å². The zero-order chi connectivity index (χ0) is 12.4. The van der Waals surface area contributed by atoms with Gasteiger partial charge in [-0.15, -0.1) is 0 Å². The van der Waals surface area contributed by atoms with Crippen LogP contribution in [-0.2, 0) is 6.61 Å². The maximum Gasteiger partial charge on any atom is 0.251 e. The van der Waals surface area contributed by atoms with Crippen molar-refractivity contribution < 1.29 is 9.90 Å². The van der Waals surface area contributed by atoms with Crippen LogP contribution in [0.15, 0.2) is 30.6 Å². The molecule has 88 valence electrons. The van der Waals surface area contributed by atoms with Gasteiger partial charge in [-0.2, -0.15) is 5.10 Å². The van der Waals surface area contributed by atoms with Gasteiger partial charge >= 0.3 is 0 Å². The first kappa shape index (κ1) is 11.3. The van der Waals surface area contributed by atoms with Crippen LogP contribution in [0.3, 0.4) is 0 Å². The molecule has 5 heteroatoms. The Morgan fingerprint density at radius 3 is 2.82 bits per heavy atom. The summed E-state index contributed by atoms with van der Waals surface area (Å²) < 4.78 is 1.59. The number of rotatable bonds is 3. The highest BCUT2D eigenvalue weighted by Crippen LogP contribution is 2.15. The molecule has 17 heavy (non-hydrogen) atoms. The SMILES string of the molecule is Cc1cc(CO)ccc1-n1cc(C(N)=O)cn1. The number of aryl methyl sites for hydroxylation is 1. The molecule has 1 aromatic heterocycles. The molecule has 0 atom stereocenters. The van der Waals surface area contributed by atoms with Crippen LogP contribution in [0.25, 0.3) is 5.69 Å². The number of hydrogen-bond donors (Lipinski definition) is 2. The van der Waals surface area contributed by atoms with Crippen molar-refractivity contribution in [1.29, 1.82) is 0 Å². The standard InChI is InChI=1S/C12H13N3O2/c1-8-4-9(7-16)2-3-11(8)15-6-10(5-14-15)12(13)17/h2-6,16H,7H2,1H3,(H2,13,17). The lowest BCUT2D eigenvalue weighted by atomic mass is 10.1. The quantitative estimate of drug-likeness (QED) is 0.818. The number of aromatic nitrogens is 2. The van der Waals surface area contributed by atoms with Crippen LogP contribution in [0.4, 0.5) is 0 Å². The lowest BCUT2D eigenvalue weighted by Crippen LogP contribution is -2.09. The molecule has 0 aliphatic carbocycles. The summed E-state index contributed by atoms with van der Waals surface area (Å²) in [5.41, 5.74) is 8.20. The van der Waals surface area contributed by atoms with Gasteiger partial charge in [0.05, 0.1) is 24.1 Å². The smallest absolute Gasteiger partial charge is 0.251 e. The van der Waals surface area contributed by atoms with Gasteiger partial charge in [0.2, 0.25) is 0 Å². The summed E-state index contributed by atoms with van der Waals surface area (Å²) in [7, 11) is 0. The largest absolute Gasteiger partial charge is 0.392 e. The van der Waals surface area contributed by atoms with Crippen LogP contribution >= 0.6 is 0 Å². The van der Waals surface area contributed by atoms with Crippen LogP contribution in [0.1, 0.15) is 21.5 Å². The average molecular weight is 231 g/mol. The van der Waals surface area contributed by atoms with E-state index in [2.05, 4.69) is 5.10 Å². The Labute approximate surface area is 98.5 Å². The molecule has 0 radical (unpaired) electrons. The van der Waals surface area contributed by atoms with Crippen molar-refractivity contribution in [3.05, 3.63) is 47.3 Å². The number of hydrogen-bond acceptors (Lipinski definition) is 3. The van der Waals surface area contributed by atoms with Crippen LogP contribution < -0.4 is 5.73 Å². The minimum atomic E-state index is -0.499. The van der Waals surface area contributed by atoms with Gasteiger partial charge in [-0.05, 0) is 24.1 Å². The molecule has 0 saturated heterocycles. The molecule has 5 nitrogen and oxygen atoms in total. The van der Waals surface area contributed by atoms with E-state index in [1.807, 2.05) is 25.1 Å². The molecular weight excluding hydrogens is 218 g/mol. The Balaban J connectivity index is 2.42. The van der Waals surface area contributed by atoms with Crippen molar-refractivity contribution >= 4 is 5.91 Å². The normalized spacial score (nSPS) is 10.5. The molecule has 2 aromatic rings. The first-order chi connectivity index (χ1) is 8.11. The second-order valence-corrected chi connectivity index (χ2v) is 3.82. The molecule has 1 heterocycles. The molecule has 2 rings (SSSR count). The molecule has 0 spiro atoms. The van der Waals surface area contributed by atoms with Gasteiger partial charge in [-0.25, -0.2) is 4.68 Å². The Kier molecular flexibility index (Phi) is 2.93. The van der Waals surface area contributed by atoms with Crippen molar-refractivity contribution in [1.82, 2.24) is 9.78 Å². The second kappa shape index (κ2) is 4.39. The zero-order valence-corrected chi connectivity index (χ0v) is 9.42. The fraction of sp³-hybridized carbons (Fsp3) is 0.167. The van der Waals surface area contributed by atoms with Crippen molar-refractivity contribution in [2.24, 2.45) is 5.73 Å². The van der Waals surface area contributed by atoms with E-state index in [0.717, 1.165) is 16.8 Å². The number of aliphatic hydroxyl groups excluding tert-OH is 1. The Morgan fingerprint density at radius 2 is 2.29 bits per heavy atom. The molecule has 0 saturated carbocycles. The van der Waals surface area contributed by atoms with Crippen LogP contribution in [0.2, 0.25) is 0 Å². The third-order valence-electron chi connectivity index (χ3n) is 2.56. The zero-order valence-electron chi connectivity index (χ0n) is 9.42. The monoisotopic (exact) mass is 231 g/mol. The Hall–Kier alpha value is -2.14. The summed E-state index contributed by atoms with van der Waals surface area (Å²) in [5.74, 6) is -0.499. The molecule has 0 bridgehead atoms. The first-order valence-corrected chi connectivity index (χ1v) is 5.17. The third-order valence-corrected chi connectivity index (χ3v) is 2.56. The van der Waals surface area contributed by atoms with Crippen LogP contribution in [-0.4, -0.2) is 20.8 Å². The predicted octanol–water partition coefficient (Wildman–Crippen LogP) is 0.772. The number of carbonyl (C=O) groups is 1. The number of primary amides is 1. The van der Waals surface area contributed by atoms with E-state index < -0.39 is 5.91 Å². The fourth-order valence-electron chi connectivity index (χ4n) is 1.65. The van der Waals surface area contributed by atoms with Crippen molar-refractivity contribution in [2.75, 3.05) is 0 Å². The van der Waals surface area contributed by atoms with Gasteiger partial charge < -0.3 is 10.8 Å². The van der Waals surface area contributed by atoms with E-state index in [1.165, 1.54) is 6.20 Å². The maximum atomic E-state index is 11.0. The van der Waals surface area contributed by atoms with Gasteiger partial charge in [-0.3, -0.25) is 4.79 Å². The average Bonchev–Trinajstić information content (AvgIpc) is 2.78. The lowest BCUT2D eigenvalue weighted by molar-refractivity contribution is 0.100. The highest BCUT2D eigenvalue weighted by atomic mass is 16.3. The fourth-order valence-corrected chi connectivity index (χ4v) is 1.65. The van der Waals surface area contributed by atoms with E-state index in [9.17, 15) is 4.79 Å². The van der Waals surface area contributed by atoms with Crippen LogP contribution in [0.5, 0.6) is 0 Å². The molecule has 0 unspecified atom stereocenters. The number of amides is 1. The Bertz CT molecular complexity index is 561. The highest BCUT2D eigenvalue weighted by molar-refractivity contribution is 5.92. The number of nitrogens with zero attached hydrogens (tertiary/aromatic N) is 2. The molecule has 1 aromatic carbocycles. The van der Waals surface area contributed by atoms with E-state index in [4.69, 9.17) is 10.8 Å². The number of carbonyl (C=O) groups excluding carboxylic acids is 1. The van der Waals surface area contributed by atoms with E-state index >= 15 is 0 Å². The molecule has 1 amide bonds. The summed E-state index contributed by atoms with van der Waals surface area (Å²) in [6.45, 7) is 1.92. The number of nitrogens with two attached hydrogens (primary N) is 1. The minimum absolute atomic E-state index is 0.00671. The van der Waals surface area contributed by atoms with Crippen molar-refractivity contribution in [2.45, 2.75) is 13.5 Å². The number of aliphatic hydroxyl groups is 1. The van der Waals surface area contributed by atoms with E-state index in [-0.39, 0.29) is 6.61 Å². The molecule has 0 fully saturated rings. The van der Waals surface area contributed by atoms with Gasteiger partial charge in [0, 0.05) is 6.20 Å². The summed E-state index contributed by atoms with van der Waals surface area (Å²) in [6.07, 6.45) is 3.02. The minimum Gasteiger partial charge on any atom is -0.392 e. The van der Waals surface area contributed by atoms with E-state index in [1.54, 1.807) is 10.9 Å². The Morgan fingerprint density at radius 1 is 1.53 bits per heavy atom. The van der Waals surface area contributed by atoms with Crippen molar-refractivity contribution in [3.8, 4) is 5.69 Å². The summed E-state index contributed by atoms with van der Waals surface area (Å²) >= 11 is 0. The second-order valence-electron chi connectivity index (χ2n) is 3.82. The lowest BCUT2D eigenvalue weighted by Gasteiger charge is -2.07. The summed E-state index contributed by atoms with van der Waals surface area (Å²) in [4.78, 5) is 11.0. The molecular formula is C12H13N3O2. The predicted molar refractivity (Wildman–Crippen MR) is 62.7 cm³/mol. The van der Waals surface area contributed by atoms with Gasteiger partial charge in [0.1, 0.15) is 0 Å². The van der Waals surface area contributed by atoms with Crippen molar-refractivity contribution in [3.63, 3.8) is 0 Å². The topological polar surface area (TPSA) is 81.1 Å². The first-order valence-electron chi connectivity index (χ1n) is 5.17. The summed E-state index contributed by atoms with van der Waals surface area (Å²) in [6, 6.07) is 5.54. The molecule has 0 aliphatic heterocycles. The van der Waals surface area contributed by atoms with Gasteiger partial charge in [0.25, 0.3) is 5.91 Å². The van der Waals surface area contributed by atoms with Gasteiger partial charge in [0.15, 0.2) is 0 Å². The highest BCUT2D eigenvalue weighted by Gasteiger charge is 2.07. The molecule has 3 N–H and O–H groups in total. The van der Waals surface area contributed by atoms with Crippen LogP contribution in [0, 0.1) is 6.92 Å². The molecule has 0 aliphatic rings. The third kappa shape index (κ3) is 2.19. The summed E-state index contributed by atoms with van der Waals surface area (Å²) in [5, 5.41) is 13.1. The number of benzene rings is 1.